The molecule has 0 aromatic rings. The van der Waals surface area contributed by atoms with E-state index in [2.05, 4.69) is 0 Å². The van der Waals surface area contributed by atoms with E-state index in [0.29, 0.717) is 0 Å². The molecule has 0 amide bonds. The van der Waals surface area contributed by atoms with Crippen LogP contribution >= 0.6 is 21.6 Å². The Hall–Kier alpha value is 0.490. The molecule has 0 saturated carbocycles. The van der Waals surface area contributed by atoms with Gasteiger partial charge in [0.05, 0.1) is 6.42 Å². The minimum atomic E-state index is -4.04. The van der Waals surface area contributed by atoms with E-state index in [1.54, 1.807) is 6.92 Å². The van der Waals surface area contributed by atoms with Crippen LogP contribution in [0.4, 0.5) is 13.2 Å². The highest BCUT2D eigenvalue weighted by atomic mass is 33.1. The van der Waals surface area contributed by atoms with Crippen LogP contribution in [0.5, 0.6) is 0 Å². The summed E-state index contributed by atoms with van der Waals surface area (Å²) in [6.07, 6.45) is -4.74. The smallest absolute Gasteiger partial charge is 0.171 e. The van der Waals surface area contributed by atoms with Crippen LogP contribution in [-0.4, -0.2) is 16.2 Å². The first-order valence-corrected chi connectivity index (χ1v) is 6.23. The first kappa shape index (κ1) is 13.5. The predicted octanol–water partition coefficient (Wildman–Crippen LogP) is 4.51. The molecule has 0 aromatic heterocycles. The summed E-state index contributed by atoms with van der Waals surface area (Å²) in [4.78, 5) is 0. The van der Waals surface area contributed by atoms with Crippen LogP contribution < -0.4 is 0 Å². The molecule has 0 aliphatic carbocycles. The third-order valence-corrected chi connectivity index (χ3v) is 4.85. The third kappa shape index (κ3) is 10.4. The van der Waals surface area contributed by atoms with Crippen LogP contribution in [0, 0.1) is 0 Å². The fourth-order valence-corrected chi connectivity index (χ4v) is 2.86. The highest BCUT2D eigenvalue weighted by molar-refractivity contribution is 8.77. The van der Waals surface area contributed by atoms with Gasteiger partial charge in [0.2, 0.25) is 0 Å². The van der Waals surface area contributed by atoms with Crippen LogP contribution in [0.15, 0.2) is 0 Å². The molecule has 1 unspecified atom stereocenters. The molecule has 13 heavy (non-hydrogen) atoms. The van der Waals surface area contributed by atoms with Crippen molar-refractivity contribution in [2.75, 3.05) is 0 Å². The van der Waals surface area contributed by atoms with Gasteiger partial charge in [-0.05, 0) is 0 Å². The fourth-order valence-electron chi connectivity index (χ4n) is 0.586. The molecule has 0 nitrogen and oxygen atoms in total. The number of hydrogen-bond acceptors (Lipinski definition) is 2. The quantitative estimate of drug-likeness (QED) is 0.657. The standard InChI is InChI=1S/C8H15F3S2/c1-6(5-8(9,10)11)12-13-7(2,3)4/h6H,5H2,1-4H3. The minimum absolute atomic E-state index is 0.0184. The van der Waals surface area contributed by atoms with Crippen molar-refractivity contribution in [3.63, 3.8) is 0 Å². The molecule has 0 aromatic carbocycles. The zero-order valence-corrected chi connectivity index (χ0v) is 9.87. The first-order valence-electron chi connectivity index (χ1n) is 4.01. The summed E-state index contributed by atoms with van der Waals surface area (Å²) in [5.41, 5.74) is 0. The molecule has 0 aliphatic rings. The molecule has 0 saturated heterocycles. The lowest BCUT2D eigenvalue weighted by Gasteiger charge is -2.20. The normalized spacial score (nSPS) is 15.9. The van der Waals surface area contributed by atoms with Gasteiger partial charge in [0.15, 0.2) is 0 Å². The summed E-state index contributed by atoms with van der Waals surface area (Å²) in [6.45, 7) is 7.58. The molecule has 0 radical (unpaired) electrons. The van der Waals surface area contributed by atoms with Gasteiger partial charge >= 0.3 is 6.18 Å². The van der Waals surface area contributed by atoms with Crippen molar-refractivity contribution < 1.29 is 13.2 Å². The Kier molecular flexibility index (Phi) is 5.00. The second-order valence-corrected chi connectivity index (χ2v) is 7.39. The Morgan fingerprint density at radius 1 is 1.15 bits per heavy atom. The molecule has 5 heteroatoms. The van der Waals surface area contributed by atoms with Crippen molar-refractivity contribution in [1.82, 2.24) is 0 Å². The maximum Gasteiger partial charge on any atom is 0.390 e. The molecule has 80 valence electrons. The molecular formula is C8H15F3S2. The fraction of sp³-hybridized carbons (Fsp3) is 1.00. The molecular weight excluding hydrogens is 217 g/mol. The minimum Gasteiger partial charge on any atom is -0.171 e. The van der Waals surface area contributed by atoms with Crippen LogP contribution in [0.2, 0.25) is 0 Å². The van der Waals surface area contributed by atoms with E-state index in [-0.39, 0.29) is 10.00 Å². The topological polar surface area (TPSA) is 0 Å². The SMILES string of the molecule is CC(CC(F)(F)F)SSC(C)(C)C. The zero-order valence-electron chi connectivity index (χ0n) is 8.23. The van der Waals surface area contributed by atoms with Crippen molar-refractivity contribution in [2.45, 2.75) is 50.3 Å². The van der Waals surface area contributed by atoms with Gasteiger partial charge < -0.3 is 0 Å². The molecule has 0 bridgehead atoms. The Morgan fingerprint density at radius 3 is 1.92 bits per heavy atom. The lowest BCUT2D eigenvalue weighted by atomic mass is 10.3. The van der Waals surface area contributed by atoms with E-state index < -0.39 is 12.6 Å². The van der Waals surface area contributed by atoms with Gasteiger partial charge in [-0.15, -0.1) is 0 Å². The zero-order chi connectivity index (χ0) is 10.7. The van der Waals surface area contributed by atoms with E-state index in [9.17, 15) is 13.2 Å². The van der Waals surface area contributed by atoms with E-state index in [1.807, 2.05) is 20.8 Å². The maximum atomic E-state index is 11.9. The second-order valence-electron chi connectivity index (χ2n) is 3.92. The van der Waals surface area contributed by atoms with Crippen molar-refractivity contribution >= 4 is 21.6 Å². The third-order valence-electron chi connectivity index (χ3n) is 0.981. The summed E-state index contributed by atoms with van der Waals surface area (Å²) in [6, 6.07) is 0. The van der Waals surface area contributed by atoms with E-state index in [1.165, 1.54) is 21.6 Å². The number of alkyl halides is 3. The van der Waals surface area contributed by atoms with Crippen molar-refractivity contribution in [3.05, 3.63) is 0 Å². The Balaban J connectivity index is 3.70. The summed E-state index contributed by atoms with van der Waals surface area (Å²) >= 11 is 0. The Morgan fingerprint density at radius 2 is 1.62 bits per heavy atom. The first-order chi connectivity index (χ1) is 5.60. The number of rotatable bonds is 3. The molecule has 1 atom stereocenters. The average Bonchev–Trinajstić information content (AvgIpc) is 1.78. The van der Waals surface area contributed by atoms with Gasteiger partial charge in [-0.3, -0.25) is 0 Å². The molecule has 0 N–H and O–H groups in total. The monoisotopic (exact) mass is 232 g/mol. The maximum absolute atomic E-state index is 11.9. The van der Waals surface area contributed by atoms with Gasteiger partial charge in [0, 0.05) is 10.00 Å². The Labute approximate surface area is 85.4 Å². The summed E-state index contributed by atoms with van der Waals surface area (Å²) in [7, 11) is 2.81. The molecule has 0 spiro atoms. The summed E-state index contributed by atoms with van der Waals surface area (Å²) in [5, 5.41) is -0.371. The van der Waals surface area contributed by atoms with Gasteiger partial charge in [-0.2, -0.15) is 13.2 Å². The highest BCUT2D eigenvalue weighted by Crippen LogP contribution is 2.40. The van der Waals surface area contributed by atoms with Crippen molar-refractivity contribution in [1.29, 1.82) is 0 Å². The van der Waals surface area contributed by atoms with Gasteiger partial charge in [0.1, 0.15) is 0 Å². The van der Waals surface area contributed by atoms with Crippen LogP contribution in [0.3, 0.4) is 0 Å². The van der Waals surface area contributed by atoms with E-state index >= 15 is 0 Å². The second kappa shape index (κ2) is 4.82. The predicted molar refractivity (Wildman–Crippen MR) is 55.1 cm³/mol. The van der Waals surface area contributed by atoms with Crippen molar-refractivity contribution in [2.24, 2.45) is 0 Å². The van der Waals surface area contributed by atoms with Gasteiger partial charge in [-0.25, -0.2) is 0 Å². The summed E-state index contributed by atoms with van der Waals surface area (Å²) < 4.78 is 35.7. The lowest BCUT2D eigenvalue weighted by molar-refractivity contribution is -0.133. The van der Waals surface area contributed by atoms with Crippen LogP contribution in [0.1, 0.15) is 34.1 Å². The summed E-state index contributed by atoms with van der Waals surface area (Å²) in [5.74, 6) is 0. The Bertz CT molecular complexity index is 148. The van der Waals surface area contributed by atoms with E-state index in [4.69, 9.17) is 0 Å². The van der Waals surface area contributed by atoms with Gasteiger partial charge in [0.25, 0.3) is 0 Å². The van der Waals surface area contributed by atoms with E-state index in [0.717, 1.165) is 0 Å². The van der Waals surface area contributed by atoms with Gasteiger partial charge in [-0.1, -0.05) is 49.3 Å². The van der Waals surface area contributed by atoms with Crippen LogP contribution in [-0.2, 0) is 0 Å². The van der Waals surface area contributed by atoms with Crippen molar-refractivity contribution in [3.8, 4) is 0 Å². The molecule has 0 fully saturated rings. The number of halogens is 3. The largest absolute Gasteiger partial charge is 0.390 e. The molecule has 0 heterocycles. The molecule has 0 aliphatic heterocycles. The average molecular weight is 232 g/mol. The van der Waals surface area contributed by atoms with Crippen LogP contribution in [0.25, 0.3) is 0 Å². The highest BCUT2D eigenvalue weighted by Gasteiger charge is 2.30. The lowest BCUT2D eigenvalue weighted by Crippen LogP contribution is -2.15. The molecule has 0 rings (SSSR count). The number of hydrogen-bond donors (Lipinski definition) is 0.